The molecule has 0 aromatic heterocycles. The van der Waals surface area contributed by atoms with Gasteiger partial charge in [-0.05, 0) is 51.0 Å². The van der Waals surface area contributed by atoms with Gasteiger partial charge in [0.1, 0.15) is 11.4 Å². The molecule has 0 aliphatic carbocycles. The Morgan fingerprint density at radius 3 is 2.64 bits per heavy atom. The number of likely N-dealkylation sites (N-methyl/N-ethyl adjacent to an activating group) is 1. The molecule has 0 radical (unpaired) electrons. The summed E-state index contributed by atoms with van der Waals surface area (Å²) in [6.45, 7) is 6.79. The van der Waals surface area contributed by atoms with Crippen LogP contribution < -0.4 is 0 Å². The van der Waals surface area contributed by atoms with Crippen molar-refractivity contribution in [2.75, 3.05) is 26.8 Å². The number of carbonyl (C=O) groups is 1. The molecule has 6 heteroatoms. The number of carbonyl (C=O) groups excluding carboxylic acids is 1. The summed E-state index contributed by atoms with van der Waals surface area (Å²) in [5.74, 6) is -0.261. The summed E-state index contributed by atoms with van der Waals surface area (Å²) in [5, 5.41) is 0. The zero-order valence-corrected chi connectivity index (χ0v) is 15.1. The van der Waals surface area contributed by atoms with Gasteiger partial charge < -0.3 is 14.4 Å². The van der Waals surface area contributed by atoms with E-state index in [9.17, 15) is 9.18 Å². The number of nitrogens with zero attached hydrogens (tertiary/aromatic N) is 1. The Bertz CT molecular complexity index is 503. The normalized spacial score (nSPS) is 11.4. The molecule has 0 saturated heterocycles. The molecule has 0 saturated carbocycles. The molecule has 1 amide bonds. The van der Waals surface area contributed by atoms with Gasteiger partial charge in [0.05, 0.1) is 13.2 Å². The molecule has 0 heterocycles. The van der Waals surface area contributed by atoms with Gasteiger partial charge >= 0.3 is 6.09 Å². The Balaban J connectivity index is 2.25. The van der Waals surface area contributed by atoms with Crippen molar-refractivity contribution in [3.8, 4) is 0 Å². The zero-order chi connectivity index (χ0) is 16.8. The molecule has 0 atom stereocenters. The fraction of sp³-hybridized carbons (Fsp3) is 0.562. The Hall–Kier alpha value is -1.14. The van der Waals surface area contributed by atoms with Crippen molar-refractivity contribution in [3.63, 3.8) is 0 Å². The van der Waals surface area contributed by atoms with E-state index in [1.165, 1.54) is 17.0 Å². The fourth-order valence-electron chi connectivity index (χ4n) is 1.65. The van der Waals surface area contributed by atoms with Crippen molar-refractivity contribution in [2.24, 2.45) is 0 Å². The molecule has 0 aliphatic rings. The van der Waals surface area contributed by atoms with Gasteiger partial charge in [0.15, 0.2) is 0 Å². The first-order valence-electron chi connectivity index (χ1n) is 7.15. The van der Waals surface area contributed by atoms with Gasteiger partial charge in [-0.1, -0.05) is 15.9 Å². The van der Waals surface area contributed by atoms with Crippen molar-refractivity contribution >= 4 is 22.0 Å². The van der Waals surface area contributed by atoms with Crippen LogP contribution in [0, 0.1) is 5.82 Å². The highest BCUT2D eigenvalue weighted by Crippen LogP contribution is 2.18. The minimum atomic E-state index is -0.504. The Kier molecular flexibility index (Phi) is 7.29. The van der Waals surface area contributed by atoms with Gasteiger partial charge in [-0.2, -0.15) is 0 Å². The maximum absolute atomic E-state index is 13.1. The molecule has 0 bridgehead atoms. The Labute approximate surface area is 139 Å². The number of ether oxygens (including phenoxy) is 2. The Morgan fingerprint density at radius 1 is 1.32 bits per heavy atom. The van der Waals surface area contributed by atoms with Crippen molar-refractivity contribution in [1.29, 1.82) is 0 Å². The lowest BCUT2D eigenvalue weighted by molar-refractivity contribution is 0.0233. The molecule has 4 nitrogen and oxygen atoms in total. The van der Waals surface area contributed by atoms with E-state index in [-0.39, 0.29) is 11.9 Å². The van der Waals surface area contributed by atoms with Crippen LogP contribution in [0.15, 0.2) is 22.7 Å². The molecule has 0 N–H and O–H groups in total. The summed E-state index contributed by atoms with van der Waals surface area (Å²) >= 11 is 3.38. The summed E-state index contributed by atoms with van der Waals surface area (Å²) in [6, 6.07) is 4.57. The molecule has 0 spiro atoms. The van der Waals surface area contributed by atoms with Gasteiger partial charge in [0, 0.05) is 18.1 Å². The maximum atomic E-state index is 13.1. The molecular formula is C16H23BrFNO3. The lowest BCUT2D eigenvalue weighted by atomic mass is 10.1. The van der Waals surface area contributed by atoms with Crippen LogP contribution in [0.5, 0.6) is 0 Å². The van der Waals surface area contributed by atoms with E-state index >= 15 is 0 Å². The van der Waals surface area contributed by atoms with E-state index in [0.717, 1.165) is 10.0 Å². The number of amides is 1. The molecular weight excluding hydrogens is 353 g/mol. The van der Waals surface area contributed by atoms with Crippen LogP contribution in [-0.2, 0) is 15.9 Å². The average Bonchev–Trinajstić information content (AvgIpc) is 2.40. The third-order valence-corrected chi connectivity index (χ3v) is 3.57. The molecule has 22 heavy (non-hydrogen) atoms. The predicted octanol–water partition coefficient (Wildman–Crippen LogP) is 4.01. The highest BCUT2D eigenvalue weighted by molar-refractivity contribution is 9.10. The van der Waals surface area contributed by atoms with E-state index < -0.39 is 5.60 Å². The first-order chi connectivity index (χ1) is 10.2. The third kappa shape index (κ3) is 7.22. The maximum Gasteiger partial charge on any atom is 0.410 e. The number of rotatable bonds is 6. The molecule has 1 aromatic rings. The minimum absolute atomic E-state index is 0.261. The molecule has 0 unspecified atom stereocenters. The van der Waals surface area contributed by atoms with Crippen molar-refractivity contribution < 1.29 is 18.7 Å². The Morgan fingerprint density at radius 2 is 2.00 bits per heavy atom. The van der Waals surface area contributed by atoms with Gasteiger partial charge in [0.25, 0.3) is 0 Å². The molecule has 1 aromatic carbocycles. The molecule has 0 aliphatic heterocycles. The van der Waals surface area contributed by atoms with Crippen LogP contribution in [-0.4, -0.2) is 43.4 Å². The zero-order valence-electron chi connectivity index (χ0n) is 13.5. The number of halogens is 2. The molecule has 1 rings (SSSR count). The second-order valence-electron chi connectivity index (χ2n) is 6.00. The van der Waals surface area contributed by atoms with Crippen LogP contribution >= 0.6 is 15.9 Å². The summed E-state index contributed by atoms with van der Waals surface area (Å²) in [4.78, 5) is 13.2. The SMILES string of the molecule is CN(CCOCCc1cc(F)ccc1Br)C(=O)OC(C)(C)C. The fourth-order valence-corrected chi connectivity index (χ4v) is 2.10. The third-order valence-electron chi connectivity index (χ3n) is 2.80. The first-order valence-corrected chi connectivity index (χ1v) is 7.94. The van der Waals surface area contributed by atoms with Gasteiger partial charge in [0.2, 0.25) is 0 Å². The lowest BCUT2D eigenvalue weighted by Gasteiger charge is -2.24. The van der Waals surface area contributed by atoms with Crippen LogP contribution in [0.3, 0.4) is 0 Å². The second-order valence-corrected chi connectivity index (χ2v) is 6.85. The highest BCUT2D eigenvalue weighted by Gasteiger charge is 2.19. The van der Waals surface area contributed by atoms with Crippen LogP contribution in [0.4, 0.5) is 9.18 Å². The topological polar surface area (TPSA) is 38.8 Å². The van der Waals surface area contributed by atoms with Crippen molar-refractivity contribution in [2.45, 2.75) is 32.8 Å². The monoisotopic (exact) mass is 375 g/mol. The summed E-state index contributed by atoms with van der Waals surface area (Å²) < 4.78 is 24.7. The minimum Gasteiger partial charge on any atom is -0.444 e. The average molecular weight is 376 g/mol. The summed E-state index contributed by atoms with van der Waals surface area (Å²) in [5.41, 5.74) is 0.357. The highest BCUT2D eigenvalue weighted by atomic mass is 79.9. The van der Waals surface area contributed by atoms with E-state index in [0.29, 0.717) is 26.2 Å². The number of hydrogen-bond donors (Lipinski definition) is 0. The second kappa shape index (κ2) is 8.48. The number of benzene rings is 1. The smallest absolute Gasteiger partial charge is 0.410 e. The van der Waals surface area contributed by atoms with Crippen LogP contribution in [0.1, 0.15) is 26.3 Å². The number of hydrogen-bond acceptors (Lipinski definition) is 3. The lowest BCUT2D eigenvalue weighted by Crippen LogP contribution is -2.36. The largest absolute Gasteiger partial charge is 0.444 e. The van der Waals surface area contributed by atoms with E-state index in [2.05, 4.69) is 15.9 Å². The van der Waals surface area contributed by atoms with Gasteiger partial charge in [-0.25, -0.2) is 9.18 Å². The van der Waals surface area contributed by atoms with Crippen molar-refractivity contribution in [3.05, 3.63) is 34.1 Å². The van der Waals surface area contributed by atoms with Crippen LogP contribution in [0.2, 0.25) is 0 Å². The molecule has 124 valence electrons. The van der Waals surface area contributed by atoms with Crippen LogP contribution in [0.25, 0.3) is 0 Å². The van der Waals surface area contributed by atoms with Gasteiger partial charge in [-0.15, -0.1) is 0 Å². The molecule has 0 fully saturated rings. The summed E-state index contributed by atoms with van der Waals surface area (Å²) in [6.07, 6.45) is 0.234. The van der Waals surface area contributed by atoms with E-state index in [1.54, 1.807) is 13.1 Å². The predicted molar refractivity (Wildman–Crippen MR) is 87.5 cm³/mol. The van der Waals surface area contributed by atoms with E-state index in [4.69, 9.17) is 9.47 Å². The van der Waals surface area contributed by atoms with Gasteiger partial charge in [-0.3, -0.25) is 0 Å². The van der Waals surface area contributed by atoms with Crippen molar-refractivity contribution in [1.82, 2.24) is 4.90 Å². The standard InChI is InChI=1S/C16H23BrFNO3/c1-16(2,3)22-15(20)19(4)8-10-21-9-7-12-11-13(18)5-6-14(12)17/h5-6,11H,7-10H2,1-4H3. The van der Waals surface area contributed by atoms with E-state index in [1.807, 2.05) is 20.8 Å². The summed E-state index contributed by atoms with van der Waals surface area (Å²) in [7, 11) is 1.67. The first kappa shape index (κ1) is 18.9. The quantitative estimate of drug-likeness (QED) is 0.704.